The molecular weight excluding hydrogens is 206 g/mol. The van der Waals surface area contributed by atoms with Crippen LogP contribution in [0, 0.1) is 0 Å². The van der Waals surface area contributed by atoms with Crippen molar-refractivity contribution in [3.8, 4) is 0 Å². The predicted molar refractivity (Wildman–Crippen MR) is 58.5 cm³/mol. The second kappa shape index (κ2) is 4.26. The van der Waals surface area contributed by atoms with Gasteiger partial charge in [-0.1, -0.05) is 13.3 Å². The molecule has 6 nitrogen and oxygen atoms in total. The molecule has 0 aliphatic carbocycles. The van der Waals surface area contributed by atoms with E-state index < -0.39 is 0 Å². The Kier molecular flexibility index (Phi) is 2.80. The summed E-state index contributed by atoms with van der Waals surface area (Å²) in [5.41, 5.74) is 7.00. The number of anilines is 1. The summed E-state index contributed by atoms with van der Waals surface area (Å²) in [5.74, 6) is 0.219. The average Bonchev–Trinajstić information content (AvgIpc) is 2.26. The van der Waals surface area contributed by atoms with E-state index >= 15 is 0 Å². The number of hydrogen-bond acceptors (Lipinski definition) is 3. The van der Waals surface area contributed by atoms with Crippen LogP contribution in [-0.4, -0.2) is 9.97 Å². The highest BCUT2D eigenvalue weighted by Crippen LogP contribution is 2.01. The van der Waals surface area contributed by atoms with Gasteiger partial charge in [-0.15, -0.1) is 4.98 Å². The largest absolute Gasteiger partial charge is 0.475 e. The first-order valence-corrected chi connectivity index (χ1v) is 5.33. The molecule has 0 saturated heterocycles. The molecule has 0 aliphatic rings. The Hall–Kier alpha value is -1.98. The van der Waals surface area contributed by atoms with Crippen molar-refractivity contribution in [2.45, 2.75) is 26.2 Å². The van der Waals surface area contributed by atoms with Crippen molar-refractivity contribution >= 4 is 17.1 Å². The van der Waals surface area contributed by atoms with Gasteiger partial charge in [0.25, 0.3) is 11.1 Å². The minimum absolute atomic E-state index is 0.219. The lowest BCUT2D eigenvalue weighted by molar-refractivity contribution is -0.464. The molecule has 0 amide bonds. The molecule has 16 heavy (non-hydrogen) atoms. The Labute approximate surface area is 92.0 Å². The van der Waals surface area contributed by atoms with Crippen LogP contribution in [0.5, 0.6) is 0 Å². The number of aromatic amines is 3. The Morgan fingerprint density at radius 3 is 3.12 bits per heavy atom. The van der Waals surface area contributed by atoms with Gasteiger partial charge in [0.1, 0.15) is 5.69 Å². The minimum atomic E-state index is -0.277. The van der Waals surface area contributed by atoms with Crippen molar-refractivity contribution in [3.63, 3.8) is 0 Å². The first-order chi connectivity index (χ1) is 7.70. The molecule has 84 valence electrons. The monoisotopic (exact) mass is 221 g/mol. The molecule has 0 atom stereocenters. The normalized spacial score (nSPS) is 10.8. The van der Waals surface area contributed by atoms with E-state index in [1.54, 1.807) is 6.20 Å². The molecular formula is C10H15N5O+2. The van der Waals surface area contributed by atoms with Gasteiger partial charge in [-0.25, -0.2) is 4.98 Å². The summed E-state index contributed by atoms with van der Waals surface area (Å²) in [4.78, 5) is 24.2. The van der Waals surface area contributed by atoms with E-state index in [9.17, 15) is 4.79 Å². The van der Waals surface area contributed by atoms with Crippen LogP contribution in [0.15, 0.2) is 11.0 Å². The number of hydrogen-bond donors (Lipinski definition) is 2. The molecule has 2 rings (SSSR count). The lowest BCUT2D eigenvalue weighted by Crippen LogP contribution is -2.29. The topological polar surface area (TPSA) is 100 Å². The van der Waals surface area contributed by atoms with Crippen LogP contribution >= 0.6 is 0 Å². The molecule has 0 bridgehead atoms. The van der Waals surface area contributed by atoms with Crippen LogP contribution in [0.4, 0.5) is 5.95 Å². The van der Waals surface area contributed by atoms with E-state index in [1.165, 1.54) is 0 Å². The summed E-state index contributed by atoms with van der Waals surface area (Å²) in [5, 5.41) is 0. The fourth-order valence-electron chi connectivity index (χ4n) is 1.55. The van der Waals surface area contributed by atoms with Crippen LogP contribution in [0.3, 0.4) is 0 Å². The Balaban J connectivity index is 2.49. The Morgan fingerprint density at radius 2 is 2.38 bits per heavy atom. The average molecular weight is 221 g/mol. The molecule has 2 aromatic heterocycles. The van der Waals surface area contributed by atoms with E-state index in [0.717, 1.165) is 25.0 Å². The third-order valence-electron chi connectivity index (χ3n) is 2.38. The van der Waals surface area contributed by atoms with Gasteiger partial charge in [0, 0.05) is 0 Å². The molecule has 0 spiro atoms. The van der Waals surface area contributed by atoms with Crippen LogP contribution in [0.2, 0.25) is 0 Å². The van der Waals surface area contributed by atoms with Crippen LogP contribution in [0.1, 0.15) is 25.5 Å². The quantitative estimate of drug-likeness (QED) is 0.729. The predicted octanol–water partition coefficient (Wildman–Crippen LogP) is -0.524. The number of rotatable bonds is 3. The number of unbranched alkanes of at least 4 members (excludes halogenated alkanes) is 1. The summed E-state index contributed by atoms with van der Waals surface area (Å²) < 4.78 is 0. The molecule has 0 radical (unpaired) electrons. The highest BCUT2D eigenvalue weighted by molar-refractivity contribution is 5.61. The summed E-state index contributed by atoms with van der Waals surface area (Å²) in [6.07, 6.45) is 4.83. The fourth-order valence-corrected chi connectivity index (χ4v) is 1.55. The van der Waals surface area contributed by atoms with Gasteiger partial charge in [-0.05, 0) is 12.8 Å². The van der Waals surface area contributed by atoms with Crippen molar-refractivity contribution in [2.24, 2.45) is 0 Å². The molecule has 6 heteroatoms. The maximum Gasteiger partial charge on any atom is 0.475 e. The number of nitrogens with two attached hydrogens (primary N) is 1. The minimum Gasteiger partial charge on any atom is -0.330 e. The third-order valence-corrected chi connectivity index (χ3v) is 2.38. The number of nitrogens with one attached hydrogen (secondary N) is 3. The standard InChI is InChI=1S/C10H13N5O/c1-2-3-4-6-5-12-8-7(13-6)9(16)15-10(11)14-8/h5H,2-4H2,1H3,(H3,11,12,14,15,16)/p+2. The number of H-pyrrole nitrogens is 3. The smallest absolute Gasteiger partial charge is 0.330 e. The number of nitrogens with zero attached hydrogens (tertiary/aromatic N) is 1. The number of aryl methyl sites for hydroxylation is 1. The van der Waals surface area contributed by atoms with Crippen LogP contribution < -0.4 is 21.3 Å². The van der Waals surface area contributed by atoms with Crippen molar-refractivity contribution in [3.05, 3.63) is 22.2 Å². The van der Waals surface area contributed by atoms with Gasteiger partial charge in [0.05, 0.1) is 0 Å². The van der Waals surface area contributed by atoms with Crippen LogP contribution in [-0.2, 0) is 6.42 Å². The highest BCUT2D eigenvalue weighted by Gasteiger charge is 2.16. The van der Waals surface area contributed by atoms with E-state index in [1.807, 2.05) is 0 Å². The van der Waals surface area contributed by atoms with Crippen LogP contribution in [0.25, 0.3) is 11.2 Å². The van der Waals surface area contributed by atoms with E-state index in [-0.39, 0.29) is 11.5 Å². The summed E-state index contributed by atoms with van der Waals surface area (Å²) in [7, 11) is 0. The molecule has 0 aromatic carbocycles. The lowest BCUT2D eigenvalue weighted by Gasteiger charge is -1.94. The van der Waals surface area contributed by atoms with Gasteiger partial charge in [0.15, 0.2) is 6.20 Å². The Bertz CT molecular complexity index is 563. The zero-order chi connectivity index (χ0) is 11.5. The molecule has 0 saturated carbocycles. The molecule has 2 heterocycles. The number of aromatic nitrogens is 4. The fraction of sp³-hybridized carbons (Fsp3) is 0.400. The summed E-state index contributed by atoms with van der Waals surface area (Å²) in [6, 6.07) is 0. The van der Waals surface area contributed by atoms with Gasteiger partial charge < -0.3 is 5.73 Å². The van der Waals surface area contributed by atoms with Crippen molar-refractivity contribution < 1.29 is 9.97 Å². The first-order valence-electron chi connectivity index (χ1n) is 5.33. The van der Waals surface area contributed by atoms with Crippen molar-refractivity contribution in [1.82, 2.24) is 9.97 Å². The zero-order valence-corrected chi connectivity index (χ0v) is 9.13. The van der Waals surface area contributed by atoms with E-state index in [4.69, 9.17) is 5.73 Å². The second-order valence-electron chi connectivity index (χ2n) is 3.71. The zero-order valence-electron chi connectivity index (χ0n) is 9.13. The second-order valence-corrected chi connectivity index (χ2v) is 3.71. The lowest BCUT2D eigenvalue weighted by atomic mass is 10.2. The van der Waals surface area contributed by atoms with Gasteiger partial charge in [0.2, 0.25) is 0 Å². The third kappa shape index (κ3) is 2.00. The van der Waals surface area contributed by atoms with Gasteiger partial charge in [-0.2, -0.15) is 4.98 Å². The van der Waals surface area contributed by atoms with Gasteiger partial charge >= 0.3 is 11.6 Å². The molecule has 0 unspecified atom stereocenters. The number of fused-ring (bicyclic) bond motifs is 1. The maximum atomic E-state index is 11.6. The first kappa shape index (κ1) is 10.5. The molecule has 0 fully saturated rings. The van der Waals surface area contributed by atoms with Crippen molar-refractivity contribution in [2.75, 3.05) is 5.73 Å². The SMILES string of the molecule is CCCCc1c[nH+]c2[nH+]c(N)[nH]c(=O)c2n1. The Morgan fingerprint density at radius 1 is 1.56 bits per heavy atom. The van der Waals surface area contributed by atoms with E-state index in [0.29, 0.717) is 11.2 Å². The molecule has 0 aliphatic heterocycles. The summed E-state index contributed by atoms with van der Waals surface area (Å²) >= 11 is 0. The highest BCUT2D eigenvalue weighted by atomic mass is 16.1. The molecule has 2 aromatic rings. The van der Waals surface area contributed by atoms with E-state index in [2.05, 4.69) is 26.9 Å². The van der Waals surface area contributed by atoms with Gasteiger partial charge in [-0.3, -0.25) is 9.78 Å². The molecule has 5 N–H and O–H groups in total. The summed E-state index contributed by atoms with van der Waals surface area (Å²) in [6.45, 7) is 2.12. The van der Waals surface area contributed by atoms with Crippen molar-refractivity contribution in [1.29, 1.82) is 0 Å². The maximum absolute atomic E-state index is 11.6. The number of nitrogen functional groups attached to an aromatic ring is 1.